The Balaban J connectivity index is 1.20. The number of pyridine rings is 1. The zero-order chi connectivity index (χ0) is 22.5. The summed E-state index contributed by atoms with van der Waals surface area (Å²) < 4.78 is 2.21. The molecule has 33 heavy (non-hydrogen) atoms. The Labute approximate surface area is 197 Å². The van der Waals surface area contributed by atoms with Gasteiger partial charge < -0.3 is 9.47 Å². The normalized spacial score (nSPS) is 14.8. The highest BCUT2D eigenvalue weighted by Gasteiger charge is 2.23. The third-order valence-corrected chi connectivity index (χ3v) is 6.78. The van der Waals surface area contributed by atoms with Crippen LogP contribution in [0, 0.1) is 0 Å². The van der Waals surface area contributed by atoms with Gasteiger partial charge >= 0.3 is 0 Å². The third kappa shape index (κ3) is 5.18. The van der Waals surface area contributed by atoms with Crippen LogP contribution in [0.3, 0.4) is 0 Å². The molecule has 5 rings (SSSR count). The van der Waals surface area contributed by atoms with Crippen LogP contribution in [0.4, 0.5) is 0 Å². The maximum Gasteiger partial charge on any atom is 0.273 e. The maximum atomic E-state index is 13.1. The monoisotopic (exact) mass is 458 g/mol. The summed E-state index contributed by atoms with van der Waals surface area (Å²) in [6.45, 7) is 4.81. The van der Waals surface area contributed by atoms with Gasteiger partial charge in [-0.25, -0.2) is 9.97 Å². The Kier molecular flexibility index (Phi) is 6.55. The van der Waals surface area contributed by atoms with Gasteiger partial charge in [0.1, 0.15) is 16.5 Å². The van der Waals surface area contributed by atoms with Crippen molar-refractivity contribution in [2.75, 3.05) is 26.2 Å². The molecule has 1 aliphatic rings. The Hall–Kier alpha value is -3.36. The van der Waals surface area contributed by atoms with Crippen LogP contribution in [0.5, 0.6) is 0 Å². The topological polar surface area (TPSA) is 67.2 Å². The minimum Gasteiger partial charge on any atom is -0.336 e. The lowest BCUT2D eigenvalue weighted by Gasteiger charge is -2.21. The molecule has 0 N–H and O–H groups in total. The number of thiazole rings is 1. The van der Waals surface area contributed by atoms with E-state index in [-0.39, 0.29) is 5.91 Å². The molecule has 168 valence electrons. The van der Waals surface area contributed by atoms with E-state index in [1.807, 2.05) is 40.9 Å². The van der Waals surface area contributed by atoms with Crippen LogP contribution in [0.1, 0.15) is 28.3 Å². The molecule has 0 radical (unpaired) electrons. The maximum absolute atomic E-state index is 13.1. The third-order valence-electron chi connectivity index (χ3n) is 5.89. The van der Waals surface area contributed by atoms with Gasteiger partial charge in [-0.15, -0.1) is 11.3 Å². The van der Waals surface area contributed by atoms with Gasteiger partial charge in [0.15, 0.2) is 0 Å². The summed E-state index contributed by atoms with van der Waals surface area (Å²) in [6, 6.07) is 14.3. The van der Waals surface area contributed by atoms with Crippen molar-refractivity contribution in [3.8, 4) is 10.6 Å². The predicted molar refractivity (Wildman–Crippen MR) is 129 cm³/mol. The van der Waals surface area contributed by atoms with Crippen LogP contribution in [-0.2, 0) is 13.1 Å². The van der Waals surface area contributed by atoms with Gasteiger partial charge in [0.2, 0.25) is 0 Å². The van der Waals surface area contributed by atoms with Gasteiger partial charge in [-0.1, -0.05) is 30.3 Å². The number of aromatic nitrogens is 4. The second-order valence-corrected chi connectivity index (χ2v) is 9.01. The average molecular weight is 459 g/mol. The van der Waals surface area contributed by atoms with Crippen molar-refractivity contribution in [2.24, 2.45) is 0 Å². The van der Waals surface area contributed by atoms with Crippen LogP contribution in [0.25, 0.3) is 10.6 Å². The summed E-state index contributed by atoms with van der Waals surface area (Å²) in [7, 11) is 0. The number of nitrogens with zero attached hydrogens (tertiary/aromatic N) is 6. The molecule has 0 spiro atoms. The van der Waals surface area contributed by atoms with E-state index in [1.165, 1.54) is 16.9 Å². The SMILES string of the molecule is O=C(c1csc(-c2ccncc2)n1)N1CCCN(Cc2nccn2Cc2ccccc2)CC1. The summed E-state index contributed by atoms with van der Waals surface area (Å²) in [4.78, 5) is 30.7. The molecule has 7 nitrogen and oxygen atoms in total. The molecule has 1 fully saturated rings. The zero-order valence-corrected chi connectivity index (χ0v) is 19.2. The first-order valence-electron chi connectivity index (χ1n) is 11.2. The molecule has 1 saturated heterocycles. The quantitative estimate of drug-likeness (QED) is 0.440. The van der Waals surface area contributed by atoms with E-state index in [0.29, 0.717) is 12.2 Å². The van der Waals surface area contributed by atoms with Crippen molar-refractivity contribution < 1.29 is 4.79 Å². The van der Waals surface area contributed by atoms with Crippen LogP contribution >= 0.6 is 11.3 Å². The van der Waals surface area contributed by atoms with E-state index in [2.05, 4.69) is 48.7 Å². The molecular formula is C25H26N6OS. The average Bonchev–Trinajstić information content (AvgIpc) is 3.45. The summed E-state index contributed by atoms with van der Waals surface area (Å²) in [6.07, 6.45) is 8.33. The molecule has 0 atom stereocenters. The van der Waals surface area contributed by atoms with Gasteiger partial charge in [0.25, 0.3) is 5.91 Å². The fourth-order valence-corrected chi connectivity index (χ4v) is 4.91. The molecule has 0 aliphatic carbocycles. The predicted octanol–water partition coefficient (Wildman–Crippen LogP) is 3.80. The molecule has 0 unspecified atom stereocenters. The molecule has 0 saturated carbocycles. The number of carbonyl (C=O) groups excluding carboxylic acids is 1. The van der Waals surface area contributed by atoms with Crippen molar-refractivity contribution in [1.29, 1.82) is 0 Å². The highest BCUT2D eigenvalue weighted by Crippen LogP contribution is 2.24. The van der Waals surface area contributed by atoms with Crippen LogP contribution in [0.2, 0.25) is 0 Å². The van der Waals surface area contributed by atoms with E-state index in [4.69, 9.17) is 0 Å². The highest BCUT2D eigenvalue weighted by molar-refractivity contribution is 7.13. The van der Waals surface area contributed by atoms with Gasteiger partial charge in [-0.3, -0.25) is 14.7 Å². The van der Waals surface area contributed by atoms with Crippen molar-refractivity contribution in [1.82, 2.24) is 29.3 Å². The number of amides is 1. The number of hydrogen-bond donors (Lipinski definition) is 0. The largest absolute Gasteiger partial charge is 0.336 e. The molecule has 1 amide bonds. The number of imidazole rings is 1. The van der Waals surface area contributed by atoms with Crippen molar-refractivity contribution in [3.05, 3.63) is 89.7 Å². The molecule has 1 aliphatic heterocycles. The van der Waals surface area contributed by atoms with Crippen LogP contribution in [-0.4, -0.2) is 61.4 Å². The van der Waals surface area contributed by atoms with E-state index >= 15 is 0 Å². The van der Waals surface area contributed by atoms with Crippen molar-refractivity contribution in [2.45, 2.75) is 19.5 Å². The Morgan fingerprint density at radius 3 is 2.64 bits per heavy atom. The fourth-order valence-electron chi connectivity index (χ4n) is 4.11. The number of rotatable bonds is 6. The smallest absolute Gasteiger partial charge is 0.273 e. The summed E-state index contributed by atoms with van der Waals surface area (Å²) >= 11 is 1.50. The molecule has 8 heteroatoms. The number of carbonyl (C=O) groups is 1. The lowest BCUT2D eigenvalue weighted by atomic mass is 10.2. The van der Waals surface area contributed by atoms with E-state index in [1.54, 1.807) is 12.4 Å². The Morgan fingerprint density at radius 1 is 0.939 bits per heavy atom. The van der Waals surface area contributed by atoms with Gasteiger partial charge in [0, 0.05) is 68.5 Å². The zero-order valence-electron chi connectivity index (χ0n) is 18.4. The number of benzene rings is 1. The standard InChI is InChI=1S/C25H26N6OS/c32-25(22-19-33-24(28-22)21-7-9-26-10-8-21)30-13-4-12-29(15-16-30)18-23-27-11-14-31(23)17-20-5-2-1-3-6-20/h1-3,5-11,14,19H,4,12-13,15-18H2. The highest BCUT2D eigenvalue weighted by atomic mass is 32.1. The molecule has 3 aromatic heterocycles. The van der Waals surface area contributed by atoms with Crippen molar-refractivity contribution in [3.63, 3.8) is 0 Å². The first-order valence-corrected chi connectivity index (χ1v) is 12.1. The molecule has 0 bridgehead atoms. The Morgan fingerprint density at radius 2 is 1.79 bits per heavy atom. The van der Waals surface area contributed by atoms with Gasteiger partial charge in [-0.05, 0) is 24.1 Å². The molecule has 4 aromatic rings. The lowest BCUT2D eigenvalue weighted by Crippen LogP contribution is -2.35. The van der Waals surface area contributed by atoms with E-state index in [0.717, 1.165) is 55.5 Å². The fraction of sp³-hybridized carbons (Fsp3) is 0.280. The lowest BCUT2D eigenvalue weighted by molar-refractivity contribution is 0.0756. The summed E-state index contributed by atoms with van der Waals surface area (Å²) in [5, 5.41) is 2.71. The minimum absolute atomic E-state index is 0.0129. The van der Waals surface area contributed by atoms with E-state index in [9.17, 15) is 4.79 Å². The van der Waals surface area contributed by atoms with Crippen LogP contribution < -0.4 is 0 Å². The Bertz CT molecular complexity index is 1190. The van der Waals surface area contributed by atoms with Gasteiger partial charge in [-0.2, -0.15) is 0 Å². The first kappa shape index (κ1) is 21.5. The molecule has 4 heterocycles. The van der Waals surface area contributed by atoms with Crippen molar-refractivity contribution >= 4 is 17.2 Å². The van der Waals surface area contributed by atoms with Crippen LogP contribution in [0.15, 0.2) is 72.6 Å². The molecule has 1 aromatic carbocycles. The summed E-state index contributed by atoms with van der Waals surface area (Å²) in [5.74, 6) is 1.07. The van der Waals surface area contributed by atoms with Gasteiger partial charge in [0.05, 0.1) is 6.54 Å². The second kappa shape index (κ2) is 10.1. The minimum atomic E-state index is 0.0129. The molecular weight excluding hydrogens is 432 g/mol. The summed E-state index contributed by atoms with van der Waals surface area (Å²) in [5.41, 5.74) is 2.78. The van der Waals surface area contributed by atoms with E-state index < -0.39 is 0 Å². The second-order valence-electron chi connectivity index (χ2n) is 8.15. The number of hydrogen-bond acceptors (Lipinski definition) is 6. The first-order chi connectivity index (χ1) is 16.3.